The normalized spacial score (nSPS) is 43.4. The molecule has 15 heavy (non-hydrogen) atoms. The van der Waals surface area contributed by atoms with Gasteiger partial charge >= 0.3 is 0 Å². The van der Waals surface area contributed by atoms with E-state index in [2.05, 4.69) is 16.8 Å². The summed E-state index contributed by atoms with van der Waals surface area (Å²) in [6.45, 7) is 5.27. The fourth-order valence-corrected chi connectivity index (χ4v) is 4.06. The third-order valence-electron chi connectivity index (χ3n) is 4.92. The third kappa shape index (κ3) is 1.94. The zero-order valence-electron chi connectivity index (χ0n) is 9.99. The molecular formula is C13H24N2. The summed E-state index contributed by atoms with van der Waals surface area (Å²) in [7, 11) is 2.27. The molecule has 86 valence electrons. The highest BCUT2D eigenvalue weighted by Crippen LogP contribution is 2.46. The molecule has 1 heterocycles. The van der Waals surface area contributed by atoms with Crippen LogP contribution in [-0.2, 0) is 0 Å². The van der Waals surface area contributed by atoms with Gasteiger partial charge in [-0.3, -0.25) is 4.90 Å². The lowest BCUT2D eigenvalue weighted by molar-refractivity contribution is 0.148. The Hall–Kier alpha value is -0.0800. The Kier molecular flexibility index (Phi) is 2.73. The van der Waals surface area contributed by atoms with Crippen LogP contribution in [0.3, 0.4) is 0 Å². The van der Waals surface area contributed by atoms with Gasteiger partial charge in [0.2, 0.25) is 0 Å². The van der Waals surface area contributed by atoms with E-state index in [9.17, 15) is 0 Å². The number of likely N-dealkylation sites (N-methyl/N-ethyl adjacent to an activating group) is 1. The molecule has 3 rings (SSSR count). The summed E-state index contributed by atoms with van der Waals surface area (Å²) in [6, 6.07) is 0.968. The van der Waals surface area contributed by atoms with Gasteiger partial charge < -0.3 is 4.90 Å². The van der Waals surface area contributed by atoms with Gasteiger partial charge in [-0.15, -0.1) is 0 Å². The molecule has 0 radical (unpaired) electrons. The Labute approximate surface area is 93.6 Å². The maximum atomic E-state index is 2.81. The van der Waals surface area contributed by atoms with Crippen LogP contribution in [0.15, 0.2) is 0 Å². The molecule has 2 heteroatoms. The minimum absolute atomic E-state index is 0.968. The van der Waals surface area contributed by atoms with Gasteiger partial charge in [0.25, 0.3) is 0 Å². The van der Waals surface area contributed by atoms with E-state index in [4.69, 9.17) is 0 Å². The lowest BCUT2D eigenvalue weighted by atomic mass is 9.94. The average molecular weight is 208 g/mol. The highest BCUT2D eigenvalue weighted by Gasteiger charge is 2.42. The minimum Gasteiger partial charge on any atom is -0.305 e. The number of nitrogens with zero attached hydrogens (tertiary/aromatic N) is 2. The van der Waals surface area contributed by atoms with Crippen LogP contribution in [0.5, 0.6) is 0 Å². The summed E-state index contributed by atoms with van der Waals surface area (Å²) in [5.41, 5.74) is 0. The molecule has 0 aromatic carbocycles. The Morgan fingerprint density at radius 1 is 0.933 bits per heavy atom. The Bertz CT molecular complexity index is 229. The predicted octanol–water partition coefficient (Wildman–Crippen LogP) is 1.81. The smallest absolute Gasteiger partial charge is 0.0127 e. The van der Waals surface area contributed by atoms with Crippen molar-refractivity contribution in [3.8, 4) is 0 Å². The number of hydrogen-bond acceptors (Lipinski definition) is 2. The summed E-state index contributed by atoms with van der Waals surface area (Å²) in [5, 5.41) is 0. The van der Waals surface area contributed by atoms with E-state index in [1.165, 1.54) is 51.9 Å². The molecule has 2 saturated carbocycles. The number of hydrogen-bond donors (Lipinski definition) is 0. The molecule has 2 bridgehead atoms. The minimum atomic E-state index is 0.968. The molecule has 0 N–H and O–H groups in total. The fraction of sp³-hybridized carbons (Fsp3) is 1.00. The van der Waals surface area contributed by atoms with E-state index in [0.717, 1.165) is 17.9 Å². The molecule has 0 spiro atoms. The Balaban J connectivity index is 1.62. The molecular weight excluding hydrogens is 184 g/mol. The molecule has 2 nitrogen and oxygen atoms in total. The van der Waals surface area contributed by atoms with Crippen molar-refractivity contribution in [3.63, 3.8) is 0 Å². The monoisotopic (exact) mass is 208 g/mol. The first-order chi connectivity index (χ1) is 7.33. The van der Waals surface area contributed by atoms with Gasteiger partial charge in [-0.25, -0.2) is 0 Å². The van der Waals surface area contributed by atoms with Crippen LogP contribution >= 0.6 is 0 Å². The molecule has 1 saturated heterocycles. The molecule has 0 aromatic heterocycles. The van der Waals surface area contributed by atoms with Crippen LogP contribution in [-0.4, -0.2) is 49.1 Å². The largest absolute Gasteiger partial charge is 0.305 e. The summed E-state index contributed by atoms with van der Waals surface area (Å²) in [5.74, 6) is 2.17. The van der Waals surface area contributed by atoms with Crippen molar-refractivity contribution >= 4 is 0 Å². The molecule has 3 aliphatic rings. The molecule has 0 aromatic rings. The highest BCUT2D eigenvalue weighted by molar-refractivity contribution is 4.95. The maximum absolute atomic E-state index is 2.81. The second-order valence-electron chi connectivity index (χ2n) is 5.94. The van der Waals surface area contributed by atoms with Gasteiger partial charge in [0, 0.05) is 19.1 Å². The van der Waals surface area contributed by atoms with E-state index in [-0.39, 0.29) is 0 Å². The molecule has 3 atom stereocenters. The van der Waals surface area contributed by atoms with Gasteiger partial charge in [0.1, 0.15) is 0 Å². The van der Waals surface area contributed by atoms with E-state index in [0.29, 0.717) is 0 Å². The first kappa shape index (κ1) is 10.1. The van der Waals surface area contributed by atoms with E-state index in [1.807, 2.05) is 0 Å². The van der Waals surface area contributed by atoms with E-state index >= 15 is 0 Å². The second kappa shape index (κ2) is 4.06. The van der Waals surface area contributed by atoms with Gasteiger partial charge in [-0.1, -0.05) is 6.42 Å². The summed E-state index contributed by atoms with van der Waals surface area (Å²) in [6.07, 6.45) is 7.52. The lowest BCUT2D eigenvalue weighted by Crippen LogP contribution is -2.41. The van der Waals surface area contributed by atoms with Crippen molar-refractivity contribution in [2.75, 3.05) is 33.2 Å². The first-order valence-corrected chi connectivity index (χ1v) is 6.75. The van der Waals surface area contributed by atoms with Crippen molar-refractivity contribution in [3.05, 3.63) is 0 Å². The molecule has 1 aliphatic heterocycles. The molecule has 0 unspecified atom stereocenters. The quantitative estimate of drug-likeness (QED) is 0.648. The van der Waals surface area contributed by atoms with Gasteiger partial charge in [-0.05, 0) is 57.7 Å². The van der Waals surface area contributed by atoms with E-state index in [1.54, 1.807) is 6.42 Å². The summed E-state index contributed by atoms with van der Waals surface area (Å²) < 4.78 is 0. The zero-order valence-corrected chi connectivity index (χ0v) is 9.99. The SMILES string of the molecule is CN1CCCN([C@@H]2C[C@@H]3CC[C@@H]2C3)CC1. The zero-order chi connectivity index (χ0) is 10.3. The van der Waals surface area contributed by atoms with Gasteiger partial charge in [-0.2, -0.15) is 0 Å². The Morgan fingerprint density at radius 3 is 2.60 bits per heavy atom. The average Bonchev–Trinajstić information content (AvgIpc) is 2.79. The van der Waals surface area contributed by atoms with Crippen LogP contribution < -0.4 is 0 Å². The second-order valence-corrected chi connectivity index (χ2v) is 5.94. The standard InChI is InChI=1S/C13H24N2/c1-14-5-2-6-15(8-7-14)13-10-11-3-4-12(13)9-11/h11-13H,2-10H2,1H3/t11-,12-,13-/m1/s1. The third-order valence-corrected chi connectivity index (χ3v) is 4.92. The maximum Gasteiger partial charge on any atom is 0.0127 e. The van der Waals surface area contributed by atoms with Gasteiger partial charge in [0.05, 0.1) is 0 Å². The molecule has 3 fully saturated rings. The van der Waals surface area contributed by atoms with Gasteiger partial charge in [0.15, 0.2) is 0 Å². The van der Waals surface area contributed by atoms with Crippen molar-refractivity contribution in [2.24, 2.45) is 11.8 Å². The van der Waals surface area contributed by atoms with Crippen molar-refractivity contribution in [1.29, 1.82) is 0 Å². The molecule has 2 aliphatic carbocycles. The number of fused-ring (bicyclic) bond motifs is 2. The summed E-state index contributed by atoms with van der Waals surface area (Å²) in [4.78, 5) is 5.31. The molecule has 0 amide bonds. The summed E-state index contributed by atoms with van der Waals surface area (Å²) >= 11 is 0. The van der Waals surface area contributed by atoms with Crippen LogP contribution in [0, 0.1) is 11.8 Å². The highest BCUT2D eigenvalue weighted by atomic mass is 15.2. The van der Waals surface area contributed by atoms with Crippen LogP contribution in [0.25, 0.3) is 0 Å². The van der Waals surface area contributed by atoms with E-state index < -0.39 is 0 Å². The van der Waals surface area contributed by atoms with Crippen LogP contribution in [0.1, 0.15) is 32.1 Å². The van der Waals surface area contributed by atoms with Crippen molar-refractivity contribution in [2.45, 2.75) is 38.1 Å². The van der Waals surface area contributed by atoms with Crippen LogP contribution in [0.4, 0.5) is 0 Å². The Morgan fingerprint density at radius 2 is 1.87 bits per heavy atom. The topological polar surface area (TPSA) is 6.48 Å². The van der Waals surface area contributed by atoms with Crippen molar-refractivity contribution in [1.82, 2.24) is 9.80 Å². The lowest BCUT2D eigenvalue weighted by Gasteiger charge is -2.33. The van der Waals surface area contributed by atoms with Crippen LogP contribution in [0.2, 0.25) is 0 Å². The fourth-order valence-electron chi connectivity index (χ4n) is 4.06. The van der Waals surface area contributed by atoms with Crippen molar-refractivity contribution < 1.29 is 0 Å². The first-order valence-electron chi connectivity index (χ1n) is 6.75. The predicted molar refractivity (Wildman–Crippen MR) is 62.9 cm³/mol. The number of rotatable bonds is 1.